The lowest BCUT2D eigenvalue weighted by Gasteiger charge is -2.18. The first kappa shape index (κ1) is 61.3. The van der Waals surface area contributed by atoms with Gasteiger partial charge in [-0.25, -0.2) is 0 Å². The minimum atomic E-state index is -0.553. The van der Waals surface area contributed by atoms with E-state index in [0.29, 0.717) is 19.4 Å². The molecule has 1 unspecified atom stereocenters. The molecule has 0 aliphatic rings. The molecule has 370 valence electrons. The highest BCUT2D eigenvalue weighted by molar-refractivity contribution is 5.70. The molecule has 0 aliphatic heterocycles. The van der Waals surface area contributed by atoms with Crippen molar-refractivity contribution in [2.24, 2.45) is 0 Å². The van der Waals surface area contributed by atoms with Crippen LogP contribution in [0.2, 0.25) is 0 Å². The van der Waals surface area contributed by atoms with Gasteiger partial charge in [-0.15, -0.1) is 0 Å². The van der Waals surface area contributed by atoms with E-state index in [1.165, 1.54) is 141 Å². The Hall–Kier alpha value is -2.66. The molecule has 0 aromatic heterocycles. The summed E-state index contributed by atoms with van der Waals surface area (Å²) in [5, 5.41) is 0. The number of unbranched alkanes of at least 4 members (excludes halogenated alkanes) is 27. The maximum atomic E-state index is 12.8. The molecule has 1 atom stereocenters. The number of carbonyl (C=O) groups is 2. The van der Waals surface area contributed by atoms with Crippen LogP contribution in [0.4, 0.5) is 0 Å². The maximum Gasteiger partial charge on any atom is 0.306 e. The zero-order valence-corrected chi connectivity index (χ0v) is 42.5. The lowest BCUT2D eigenvalue weighted by atomic mass is 10.1. The molecule has 0 heterocycles. The Morgan fingerprint density at radius 3 is 1.20 bits per heavy atom. The van der Waals surface area contributed by atoms with Crippen LogP contribution in [0, 0.1) is 0 Å². The van der Waals surface area contributed by atoms with Crippen molar-refractivity contribution in [1.29, 1.82) is 0 Å². The summed E-state index contributed by atoms with van der Waals surface area (Å²) in [6.07, 6.45) is 70.6. The van der Waals surface area contributed by atoms with Gasteiger partial charge in [-0.05, 0) is 103 Å². The van der Waals surface area contributed by atoms with E-state index < -0.39 is 6.10 Å². The van der Waals surface area contributed by atoms with Crippen LogP contribution in [0.15, 0.2) is 72.9 Å². The first-order valence-corrected chi connectivity index (χ1v) is 27.5. The summed E-state index contributed by atoms with van der Waals surface area (Å²) in [6.45, 7) is 7.63. The lowest BCUT2D eigenvalue weighted by Crippen LogP contribution is -2.30. The van der Waals surface area contributed by atoms with Crippen molar-refractivity contribution in [3.8, 4) is 0 Å². The molecule has 0 saturated heterocycles. The highest BCUT2D eigenvalue weighted by atomic mass is 16.6. The Morgan fingerprint density at radius 2 is 0.734 bits per heavy atom. The fourth-order valence-electron chi connectivity index (χ4n) is 7.62. The second kappa shape index (κ2) is 54.7. The van der Waals surface area contributed by atoms with Crippen molar-refractivity contribution in [3.63, 3.8) is 0 Å². The molecule has 64 heavy (non-hydrogen) atoms. The molecule has 5 heteroatoms. The van der Waals surface area contributed by atoms with Gasteiger partial charge in [0.2, 0.25) is 0 Å². The third-order valence-corrected chi connectivity index (χ3v) is 11.7. The number of rotatable bonds is 50. The van der Waals surface area contributed by atoms with Crippen molar-refractivity contribution in [2.75, 3.05) is 19.8 Å². The molecule has 0 N–H and O–H groups in total. The van der Waals surface area contributed by atoms with E-state index in [1.807, 2.05) is 0 Å². The zero-order valence-electron chi connectivity index (χ0n) is 42.5. The number of allylic oxidation sites excluding steroid dienone is 12. The summed E-state index contributed by atoms with van der Waals surface area (Å²) in [5.41, 5.74) is 0. The van der Waals surface area contributed by atoms with Crippen LogP contribution in [-0.4, -0.2) is 37.9 Å². The highest BCUT2D eigenvalue weighted by Gasteiger charge is 2.17. The van der Waals surface area contributed by atoms with Gasteiger partial charge >= 0.3 is 11.9 Å². The van der Waals surface area contributed by atoms with Gasteiger partial charge in [-0.3, -0.25) is 9.59 Å². The van der Waals surface area contributed by atoms with Crippen molar-refractivity contribution in [3.05, 3.63) is 72.9 Å². The fraction of sp³-hybridized carbons (Fsp3) is 0.763. The van der Waals surface area contributed by atoms with E-state index in [4.69, 9.17) is 14.2 Å². The van der Waals surface area contributed by atoms with Gasteiger partial charge in [0, 0.05) is 19.4 Å². The summed E-state index contributed by atoms with van der Waals surface area (Å²) < 4.78 is 17.4. The van der Waals surface area contributed by atoms with E-state index in [-0.39, 0.29) is 25.2 Å². The Balaban J connectivity index is 4.27. The van der Waals surface area contributed by atoms with Crippen molar-refractivity contribution in [2.45, 2.75) is 271 Å². The number of hydrogen-bond donors (Lipinski definition) is 0. The molecular weight excluding hydrogens is 789 g/mol. The smallest absolute Gasteiger partial charge is 0.306 e. The second-order valence-electron chi connectivity index (χ2n) is 18.1. The first-order chi connectivity index (χ1) is 31.6. The monoisotopic (exact) mass is 893 g/mol. The van der Waals surface area contributed by atoms with Crippen molar-refractivity contribution >= 4 is 11.9 Å². The van der Waals surface area contributed by atoms with Crippen LogP contribution in [-0.2, 0) is 23.8 Å². The summed E-state index contributed by atoms with van der Waals surface area (Å²) in [4.78, 5) is 25.4. The van der Waals surface area contributed by atoms with Crippen LogP contribution in [0.1, 0.15) is 265 Å². The minimum Gasteiger partial charge on any atom is -0.462 e. The molecular formula is C59H104O5. The van der Waals surface area contributed by atoms with E-state index in [1.54, 1.807) is 0 Å². The number of esters is 2. The third-order valence-electron chi connectivity index (χ3n) is 11.7. The molecule has 0 bridgehead atoms. The molecule has 0 fully saturated rings. The average molecular weight is 893 g/mol. The topological polar surface area (TPSA) is 61.8 Å². The summed E-state index contributed by atoms with van der Waals surface area (Å²) in [7, 11) is 0. The van der Waals surface area contributed by atoms with Gasteiger partial charge in [0.25, 0.3) is 0 Å². The predicted octanol–water partition coefficient (Wildman–Crippen LogP) is 18.7. The summed E-state index contributed by atoms with van der Waals surface area (Å²) in [6, 6.07) is 0. The molecule has 0 aliphatic carbocycles. The maximum absolute atomic E-state index is 12.8. The van der Waals surface area contributed by atoms with Crippen LogP contribution in [0.3, 0.4) is 0 Å². The fourth-order valence-corrected chi connectivity index (χ4v) is 7.62. The molecule has 0 aromatic carbocycles. The zero-order chi connectivity index (χ0) is 46.3. The molecule has 0 saturated carbocycles. The third kappa shape index (κ3) is 52.0. The average Bonchev–Trinajstić information content (AvgIpc) is 3.30. The standard InChI is InChI=1S/C59H104O5/c1-4-7-10-13-16-19-22-25-27-29-30-31-32-35-37-40-43-46-49-52-58(60)63-56-57(64-59(61)53-50-47-44-41-38-34-24-21-18-15-12-9-6-3)55-62-54-51-48-45-42-39-36-33-28-26-23-20-17-14-11-8-5-2/h8,11-12,15,17,20-21,24-28,57H,4-7,9-10,13-14,16,18-19,22-23,29-56H2,1-3H3/b11-8-,15-12-,20-17-,24-21-,27-25-,28-26-. The molecule has 0 amide bonds. The van der Waals surface area contributed by atoms with E-state index in [2.05, 4.69) is 93.7 Å². The SMILES string of the molecule is CC/C=C\C/C=C\C/C=C\CCCCCCCCOCC(COC(=O)CCCCCCCCCCC/C=C\CCCCCCCC)OC(=O)CCCCCCC/C=C\C/C=C\CCC. The van der Waals surface area contributed by atoms with Gasteiger partial charge in [0.1, 0.15) is 6.61 Å². The molecule has 0 rings (SSSR count). The minimum absolute atomic E-state index is 0.0719. The Labute approximate surface area is 397 Å². The van der Waals surface area contributed by atoms with E-state index in [0.717, 1.165) is 89.9 Å². The first-order valence-electron chi connectivity index (χ1n) is 27.5. The number of carbonyl (C=O) groups excluding carboxylic acids is 2. The van der Waals surface area contributed by atoms with E-state index >= 15 is 0 Å². The van der Waals surface area contributed by atoms with Crippen molar-refractivity contribution < 1.29 is 23.8 Å². The normalized spacial score (nSPS) is 12.7. The molecule has 0 radical (unpaired) electrons. The van der Waals surface area contributed by atoms with Crippen LogP contribution in [0.25, 0.3) is 0 Å². The Bertz CT molecular complexity index is 1150. The Kier molecular flexibility index (Phi) is 52.4. The largest absolute Gasteiger partial charge is 0.462 e. The number of ether oxygens (including phenoxy) is 3. The summed E-state index contributed by atoms with van der Waals surface area (Å²) >= 11 is 0. The van der Waals surface area contributed by atoms with E-state index in [9.17, 15) is 9.59 Å². The van der Waals surface area contributed by atoms with Crippen LogP contribution in [0.5, 0.6) is 0 Å². The second-order valence-corrected chi connectivity index (χ2v) is 18.1. The summed E-state index contributed by atoms with van der Waals surface area (Å²) in [5.74, 6) is -0.418. The Morgan fingerprint density at radius 1 is 0.359 bits per heavy atom. The van der Waals surface area contributed by atoms with Gasteiger partial charge in [-0.2, -0.15) is 0 Å². The van der Waals surface area contributed by atoms with Gasteiger partial charge in [-0.1, -0.05) is 222 Å². The highest BCUT2D eigenvalue weighted by Crippen LogP contribution is 2.15. The molecule has 0 spiro atoms. The lowest BCUT2D eigenvalue weighted by molar-refractivity contribution is -0.163. The van der Waals surface area contributed by atoms with Gasteiger partial charge in [0.15, 0.2) is 6.10 Å². The van der Waals surface area contributed by atoms with Crippen LogP contribution < -0.4 is 0 Å². The predicted molar refractivity (Wildman–Crippen MR) is 279 cm³/mol. The van der Waals surface area contributed by atoms with Gasteiger partial charge < -0.3 is 14.2 Å². The van der Waals surface area contributed by atoms with Crippen molar-refractivity contribution in [1.82, 2.24) is 0 Å². The molecule has 5 nitrogen and oxygen atoms in total. The van der Waals surface area contributed by atoms with Gasteiger partial charge in [0.05, 0.1) is 6.61 Å². The van der Waals surface area contributed by atoms with Crippen LogP contribution >= 0.6 is 0 Å². The number of hydrogen-bond acceptors (Lipinski definition) is 5. The quantitative estimate of drug-likeness (QED) is 0.0346. The molecule has 0 aromatic rings.